The first-order chi connectivity index (χ1) is 9.19. The molecule has 1 heterocycles. The van der Waals surface area contributed by atoms with Gasteiger partial charge in [0.2, 0.25) is 11.8 Å². The molecule has 1 unspecified atom stereocenters. The highest BCUT2D eigenvalue weighted by atomic mass is 16.5. The summed E-state index contributed by atoms with van der Waals surface area (Å²) in [7, 11) is 0. The average Bonchev–Trinajstić information content (AvgIpc) is 2.40. The first kappa shape index (κ1) is 17.0. The predicted molar refractivity (Wildman–Crippen MR) is 78.3 cm³/mol. The van der Waals surface area contributed by atoms with E-state index >= 15 is 0 Å². The van der Waals surface area contributed by atoms with E-state index in [0.717, 1.165) is 0 Å². The Morgan fingerprint density at radius 2 is 2.00 bits per heavy atom. The van der Waals surface area contributed by atoms with E-state index in [9.17, 15) is 9.59 Å². The van der Waals surface area contributed by atoms with Crippen LogP contribution in [-0.2, 0) is 14.3 Å². The minimum atomic E-state index is -0.389. The second-order valence-electron chi connectivity index (χ2n) is 6.79. The van der Waals surface area contributed by atoms with Crippen molar-refractivity contribution in [3.05, 3.63) is 0 Å². The molecule has 1 atom stereocenters. The number of nitrogens with zero attached hydrogens (tertiary/aromatic N) is 1. The van der Waals surface area contributed by atoms with E-state index in [2.05, 4.69) is 19.2 Å². The van der Waals surface area contributed by atoms with Crippen molar-refractivity contribution in [2.24, 2.45) is 5.92 Å². The molecule has 116 valence electrons. The van der Waals surface area contributed by atoms with Gasteiger partial charge in [0.15, 0.2) is 0 Å². The highest BCUT2D eigenvalue weighted by Crippen LogP contribution is 2.12. The number of rotatable bonds is 5. The second kappa shape index (κ2) is 7.07. The summed E-state index contributed by atoms with van der Waals surface area (Å²) in [6, 6.07) is -0.389. The third-order valence-electron chi connectivity index (χ3n) is 3.16. The minimum absolute atomic E-state index is 0.0158. The maximum absolute atomic E-state index is 12.4. The van der Waals surface area contributed by atoms with E-state index < -0.39 is 0 Å². The van der Waals surface area contributed by atoms with Crippen LogP contribution in [0.4, 0.5) is 0 Å². The molecular weight excluding hydrogens is 256 g/mol. The van der Waals surface area contributed by atoms with E-state index in [1.165, 1.54) is 0 Å². The normalized spacial score (nSPS) is 21.1. The van der Waals surface area contributed by atoms with Crippen LogP contribution in [0.5, 0.6) is 0 Å². The molecule has 0 spiro atoms. The van der Waals surface area contributed by atoms with Crippen LogP contribution in [0.15, 0.2) is 0 Å². The molecule has 20 heavy (non-hydrogen) atoms. The van der Waals surface area contributed by atoms with Crippen molar-refractivity contribution in [3.8, 4) is 0 Å². The molecule has 0 aliphatic carbocycles. The fourth-order valence-electron chi connectivity index (χ4n) is 2.21. The van der Waals surface area contributed by atoms with Crippen LogP contribution in [0.1, 0.15) is 47.5 Å². The Morgan fingerprint density at radius 1 is 1.35 bits per heavy atom. The first-order valence-corrected chi connectivity index (χ1v) is 7.41. The Morgan fingerprint density at radius 3 is 2.55 bits per heavy atom. The SMILES string of the molecule is CC(C)CC1NC(=O)CCN(CCOC(C)(C)C)C1=O. The van der Waals surface area contributed by atoms with Crippen LogP contribution in [0.3, 0.4) is 0 Å². The number of carbonyl (C=O) groups is 2. The van der Waals surface area contributed by atoms with Crippen molar-refractivity contribution in [1.29, 1.82) is 0 Å². The Hall–Kier alpha value is -1.10. The lowest BCUT2D eigenvalue weighted by Gasteiger charge is -2.27. The number of nitrogens with one attached hydrogen (secondary N) is 1. The van der Waals surface area contributed by atoms with Gasteiger partial charge in [-0.3, -0.25) is 9.59 Å². The van der Waals surface area contributed by atoms with Crippen molar-refractivity contribution in [2.75, 3.05) is 19.7 Å². The maximum atomic E-state index is 12.4. The van der Waals surface area contributed by atoms with Gasteiger partial charge >= 0.3 is 0 Å². The van der Waals surface area contributed by atoms with Crippen LogP contribution in [0.2, 0.25) is 0 Å². The topological polar surface area (TPSA) is 58.6 Å². The lowest BCUT2D eigenvalue weighted by Crippen LogP contribution is -2.46. The van der Waals surface area contributed by atoms with Gasteiger partial charge in [0.05, 0.1) is 12.2 Å². The van der Waals surface area contributed by atoms with Gasteiger partial charge in [-0.1, -0.05) is 13.8 Å². The number of amides is 2. The monoisotopic (exact) mass is 284 g/mol. The molecule has 1 rings (SSSR count). The zero-order valence-electron chi connectivity index (χ0n) is 13.4. The van der Waals surface area contributed by atoms with Crippen LogP contribution in [0.25, 0.3) is 0 Å². The number of hydrogen-bond acceptors (Lipinski definition) is 3. The Kier molecular flexibility index (Phi) is 5.99. The second-order valence-corrected chi connectivity index (χ2v) is 6.79. The van der Waals surface area contributed by atoms with E-state index in [-0.39, 0.29) is 23.5 Å². The highest BCUT2D eigenvalue weighted by molar-refractivity contribution is 5.89. The van der Waals surface area contributed by atoms with Crippen LogP contribution < -0.4 is 5.32 Å². The van der Waals surface area contributed by atoms with Crippen LogP contribution in [-0.4, -0.2) is 48.1 Å². The van der Waals surface area contributed by atoms with Crippen molar-refractivity contribution >= 4 is 11.8 Å². The van der Waals surface area contributed by atoms with E-state index in [1.807, 2.05) is 20.8 Å². The van der Waals surface area contributed by atoms with Gasteiger partial charge in [-0.15, -0.1) is 0 Å². The minimum Gasteiger partial charge on any atom is -0.374 e. The largest absolute Gasteiger partial charge is 0.374 e. The van der Waals surface area contributed by atoms with E-state index in [4.69, 9.17) is 4.74 Å². The summed E-state index contributed by atoms with van der Waals surface area (Å²) in [6.07, 6.45) is 1.05. The number of carbonyl (C=O) groups excluding carboxylic acids is 2. The lowest BCUT2D eigenvalue weighted by atomic mass is 10.0. The molecular formula is C15H28N2O3. The summed E-state index contributed by atoms with van der Waals surface area (Å²) >= 11 is 0. The standard InChI is InChI=1S/C15H28N2O3/c1-11(2)10-12-14(19)17(7-6-13(18)16-12)8-9-20-15(3,4)5/h11-12H,6-10H2,1-5H3,(H,16,18). The molecule has 0 bridgehead atoms. The fourth-order valence-corrected chi connectivity index (χ4v) is 2.21. The van der Waals surface area contributed by atoms with Gasteiger partial charge in [-0.05, 0) is 33.1 Å². The van der Waals surface area contributed by atoms with Crippen molar-refractivity contribution in [3.63, 3.8) is 0 Å². The fraction of sp³-hybridized carbons (Fsp3) is 0.867. The molecule has 1 aliphatic rings. The molecule has 5 heteroatoms. The molecule has 0 saturated carbocycles. The molecule has 1 fully saturated rings. The molecule has 0 aromatic carbocycles. The molecule has 0 radical (unpaired) electrons. The van der Waals surface area contributed by atoms with Gasteiger partial charge in [0, 0.05) is 19.5 Å². The zero-order chi connectivity index (χ0) is 15.3. The van der Waals surface area contributed by atoms with Crippen molar-refractivity contribution in [2.45, 2.75) is 59.1 Å². The summed E-state index contributed by atoms with van der Waals surface area (Å²) < 4.78 is 5.67. The summed E-state index contributed by atoms with van der Waals surface area (Å²) in [6.45, 7) is 11.6. The molecule has 0 aromatic heterocycles. The summed E-state index contributed by atoms with van der Waals surface area (Å²) in [5.74, 6) is 0.348. The van der Waals surface area contributed by atoms with Gasteiger partial charge in [0.25, 0.3) is 0 Å². The molecule has 1 aliphatic heterocycles. The smallest absolute Gasteiger partial charge is 0.245 e. The highest BCUT2D eigenvalue weighted by Gasteiger charge is 2.30. The predicted octanol–water partition coefficient (Wildman–Crippen LogP) is 1.56. The molecule has 0 aromatic rings. The van der Waals surface area contributed by atoms with Crippen LogP contribution >= 0.6 is 0 Å². The average molecular weight is 284 g/mol. The van der Waals surface area contributed by atoms with Gasteiger partial charge in [0.1, 0.15) is 6.04 Å². The Bertz CT molecular complexity index is 348. The summed E-state index contributed by atoms with van der Waals surface area (Å²) in [4.78, 5) is 25.9. The van der Waals surface area contributed by atoms with Crippen LogP contribution in [0, 0.1) is 5.92 Å². The summed E-state index contributed by atoms with van der Waals surface area (Å²) in [5, 5.41) is 2.83. The van der Waals surface area contributed by atoms with Crippen molar-refractivity contribution < 1.29 is 14.3 Å². The molecule has 2 amide bonds. The maximum Gasteiger partial charge on any atom is 0.245 e. The third-order valence-corrected chi connectivity index (χ3v) is 3.16. The third kappa shape index (κ3) is 5.90. The number of hydrogen-bond donors (Lipinski definition) is 1. The molecule has 1 saturated heterocycles. The number of ether oxygens (including phenoxy) is 1. The first-order valence-electron chi connectivity index (χ1n) is 7.41. The lowest BCUT2D eigenvalue weighted by molar-refractivity contribution is -0.135. The van der Waals surface area contributed by atoms with E-state index in [1.54, 1.807) is 4.90 Å². The van der Waals surface area contributed by atoms with Gasteiger partial charge in [-0.2, -0.15) is 0 Å². The quantitative estimate of drug-likeness (QED) is 0.833. The summed E-state index contributed by atoms with van der Waals surface area (Å²) in [5.41, 5.74) is -0.208. The van der Waals surface area contributed by atoms with Gasteiger partial charge in [-0.25, -0.2) is 0 Å². The van der Waals surface area contributed by atoms with E-state index in [0.29, 0.717) is 38.5 Å². The zero-order valence-corrected chi connectivity index (χ0v) is 13.4. The molecule has 1 N–H and O–H groups in total. The Balaban J connectivity index is 2.60. The van der Waals surface area contributed by atoms with Crippen molar-refractivity contribution in [1.82, 2.24) is 10.2 Å². The molecule has 5 nitrogen and oxygen atoms in total. The Labute approximate surface area is 122 Å². The van der Waals surface area contributed by atoms with Gasteiger partial charge < -0.3 is 15.0 Å².